The van der Waals surface area contributed by atoms with E-state index in [9.17, 15) is 14.4 Å². The van der Waals surface area contributed by atoms with Crippen molar-refractivity contribution in [3.63, 3.8) is 0 Å². The van der Waals surface area contributed by atoms with Crippen LogP contribution >= 0.6 is 23.2 Å². The van der Waals surface area contributed by atoms with Gasteiger partial charge in [-0.05, 0) is 50.9 Å². The molecule has 0 saturated heterocycles. The fourth-order valence-electron chi connectivity index (χ4n) is 4.51. The van der Waals surface area contributed by atoms with Crippen LogP contribution in [0.5, 0.6) is 11.5 Å². The van der Waals surface area contributed by atoms with E-state index in [4.69, 9.17) is 37.4 Å². The number of ether oxygens (including phenoxy) is 3. The lowest BCUT2D eigenvalue weighted by Crippen LogP contribution is -2.43. The van der Waals surface area contributed by atoms with Crippen molar-refractivity contribution in [2.24, 2.45) is 5.92 Å². The van der Waals surface area contributed by atoms with Gasteiger partial charge >= 0.3 is 11.9 Å². The summed E-state index contributed by atoms with van der Waals surface area (Å²) in [6, 6.07) is 9.58. The van der Waals surface area contributed by atoms with Crippen molar-refractivity contribution in [1.29, 1.82) is 0 Å². The number of methoxy groups -OCH3 is 1. The Kier molecular flexibility index (Phi) is 12.4. The molecule has 39 heavy (non-hydrogen) atoms. The van der Waals surface area contributed by atoms with E-state index < -0.39 is 23.9 Å². The first kappa shape index (κ1) is 30.7. The molecule has 8 nitrogen and oxygen atoms in total. The molecule has 0 heterocycles. The fourth-order valence-corrected chi connectivity index (χ4v) is 5.11. The van der Waals surface area contributed by atoms with Crippen LogP contribution in [0.4, 0.5) is 0 Å². The van der Waals surface area contributed by atoms with Crippen LogP contribution in [0.2, 0.25) is 10.0 Å². The highest BCUT2D eigenvalue weighted by atomic mass is 35.5. The van der Waals surface area contributed by atoms with Gasteiger partial charge in [-0.25, -0.2) is 4.79 Å². The summed E-state index contributed by atoms with van der Waals surface area (Å²) < 4.78 is 16.5. The minimum atomic E-state index is -0.993. The van der Waals surface area contributed by atoms with Crippen LogP contribution in [0.25, 0.3) is 0 Å². The zero-order valence-corrected chi connectivity index (χ0v) is 23.9. The van der Waals surface area contributed by atoms with Crippen LogP contribution < -0.4 is 20.1 Å². The van der Waals surface area contributed by atoms with Crippen molar-refractivity contribution in [3.8, 4) is 11.5 Å². The van der Waals surface area contributed by atoms with Gasteiger partial charge in [-0.15, -0.1) is 0 Å². The molecule has 1 aliphatic rings. The zero-order chi connectivity index (χ0) is 28.2. The van der Waals surface area contributed by atoms with Crippen LogP contribution in [-0.2, 0) is 20.7 Å². The van der Waals surface area contributed by atoms with Crippen LogP contribution in [0, 0.1) is 5.92 Å². The molecule has 0 unspecified atom stereocenters. The van der Waals surface area contributed by atoms with E-state index in [0.717, 1.165) is 44.2 Å². The minimum absolute atomic E-state index is 0.0666. The molecule has 1 aliphatic carbocycles. The van der Waals surface area contributed by atoms with Crippen molar-refractivity contribution in [2.45, 2.75) is 57.4 Å². The first-order valence-electron chi connectivity index (χ1n) is 13.3. The quantitative estimate of drug-likeness (QED) is 0.187. The van der Waals surface area contributed by atoms with Gasteiger partial charge in [0.2, 0.25) is 0 Å². The number of hydrogen-bond acceptors (Lipinski definition) is 7. The Balaban J connectivity index is 1.90. The molecule has 2 N–H and O–H groups in total. The molecule has 1 atom stereocenters. The van der Waals surface area contributed by atoms with Crippen molar-refractivity contribution in [2.75, 3.05) is 27.3 Å². The van der Waals surface area contributed by atoms with Crippen molar-refractivity contribution < 1.29 is 28.6 Å². The third-order valence-electron chi connectivity index (χ3n) is 6.66. The maximum Gasteiger partial charge on any atom is 0.328 e. The summed E-state index contributed by atoms with van der Waals surface area (Å²) in [7, 11) is 3.12. The predicted octanol–water partition coefficient (Wildman–Crippen LogP) is 5.37. The SMILES string of the molecule is CNCCCCOc1c(Cl)cc(C(=O)N[C@@H](Cc2ccccc2)C(=O)OC)c(OC(=O)C2CCCCC2)c1Cl. The third kappa shape index (κ3) is 8.85. The molecule has 0 radical (unpaired) electrons. The predicted molar refractivity (Wildman–Crippen MR) is 151 cm³/mol. The number of carbonyl (C=O) groups excluding carboxylic acids is 3. The average Bonchev–Trinajstić information content (AvgIpc) is 2.95. The fraction of sp³-hybridized carbons (Fsp3) is 0.483. The molecule has 0 aliphatic heterocycles. The number of halogens is 2. The number of unbranched alkanes of at least 4 members (excludes halogenated alkanes) is 1. The molecule has 0 spiro atoms. The summed E-state index contributed by atoms with van der Waals surface area (Å²) in [6.07, 6.45) is 6.18. The van der Waals surface area contributed by atoms with Gasteiger partial charge in [0.25, 0.3) is 5.91 Å². The van der Waals surface area contributed by atoms with E-state index in [1.807, 2.05) is 37.4 Å². The monoisotopic (exact) mass is 578 g/mol. The third-order valence-corrected chi connectivity index (χ3v) is 7.28. The normalized spacial score (nSPS) is 14.4. The molecule has 0 bridgehead atoms. The molecular weight excluding hydrogens is 543 g/mol. The lowest BCUT2D eigenvalue weighted by atomic mass is 9.89. The van der Waals surface area contributed by atoms with Crippen molar-refractivity contribution in [1.82, 2.24) is 10.6 Å². The van der Waals surface area contributed by atoms with Crippen LogP contribution in [0.1, 0.15) is 60.9 Å². The maximum atomic E-state index is 13.5. The highest BCUT2D eigenvalue weighted by molar-refractivity contribution is 6.39. The number of amides is 1. The van der Waals surface area contributed by atoms with Gasteiger partial charge < -0.3 is 24.8 Å². The van der Waals surface area contributed by atoms with E-state index >= 15 is 0 Å². The van der Waals surface area contributed by atoms with Gasteiger partial charge in [-0.2, -0.15) is 0 Å². The molecular formula is C29H36Cl2N2O6. The van der Waals surface area contributed by atoms with E-state index in [1.165, 1.54) is 13.2 Å². The Morgan fingerprint density at radius 2 is 1.74 bits per heavy atom. The number of esters is 2. The van der Waals surface area contributed by atoms with E-state index in [-0.39, 0.29) is 39.4 Å². The average molecular weight is 580 g/mol. The summed E-state index contributed by atoms with van der Waals surface area (Å²) in [5.74, 6) is -2.04. The highest BCUT2D eigenvalue weighted by Gasteiger charge is 2.31. The largest absolute Gasteiger partial charge is 0.490 e. The summed E-state index contributed by atoms with van der Waals surface area (Å²) in [6.45, 7) is 1.17. The molecule has 3 rings (SSSR count). The minimum Gasteiger partial charge on any atom is -0.490 e. The topological polar surface area (TPSA) is 103 Å². The standard InChI is InChI=1S/C29H36Cl2N2O6/c1-32-15-9-10-16-38-26-22(30)18-21(25(24(26)31)39-28(35)20-13-7-4-8-14-20)27(34)33-23(29(36)37-2)17-19-11-5-3-6-12-19/h3,5-6,11-12,18,20,23,32H,4,7-10,13-17H2,1-2H3,(H,33,34)/t23-/m0/s1. The van der Waals surface area contributed by atoms with Gasteiger partial charge in [-0.3, -0.25) is 9.59 Å². The first-order chi connectivity index (χ1) is 18.8. The van der Waals surface area contributed by atoms with Gasteiger partial charge in [-0.1, -0.05) is 72.8 Å². The number of nitrogens with one attached hydrogen (secondary N) is 2. The van der Waals surface area contributed by atoms with Crippen LogP contribution in [-0.4, -0.2) is 51.2 Å². The Morgan fingerprint density at radius 3 is 2.41 bits per heavy atom. The van der Waals surface area contributed by atoms with Gasteiger partial charge in [0.05, 0.1) is 30.2 Å². The highest BCUT2D eigenvalue weighted by Crippen LogP contribution is 2.43. The van der Waals surface area contributed by atoms with Crippen molar-refractivity contribution in [3.05, 3.63) is 57.6 Å². The smallest absolute Gasteiger partial charge is 0.328 e. The second-order valence-corrected chi connectivity index (χ2v) is 10.3. The molecule has 0 aromatic heterocycles. The lowest BCUT2D eigenvalue weighted by molar-refractivity contribution is -0.143. The molecule has 1 saturated carbocycles. The Morgan fingerprint density at radius 1 is 1.03 bits per heavy atom. The number of hydrogen-bond donors (Lipinski definition) is 2. The molecule has 2 aromatic rings. The maximum absolute atomic E-state index is 13.5. The van der Waals surface area contributed by atoms with E-state index in [1.54, 1.807) is 0 Å². The Bertz CT molecular complexity index is 1120. The molecule has 10 heteroatoms. The van der Waals surface area contributed by atoms with E-state index in [0.29, 0.717) is 19.4 Å². The van der Waals surface area contributed by atoms with E-state index in [2.05, 4.69) is 10.6 Å². The lowest BCUT2D eigenvalue weighted by Gasteiger charge is -2.23. The first-order valence-corrected chi connectivity index (χ1v) is 14.0. The number of benzene rings is 2. The van der Waals surface area contributed by atoms with Crippen molar-refractivity contribution >= 4 is 41.0 Å². The molecule has 1 amide bonds. The number of carbonyl (C=O) groups is 3. The molecule has 212 valence electrons. The Hall–Kier alpha value is -2.81. The summed E-state index contributed by atoms with van der Waals surface area (Å²) >= 11 is 13.2. The molecule has 1 fully saturated rings. The summed E-state index contributed by atoms with van der Waals surface area (Å²) in [4.78, 5) is 39.1. The summed E-state index contributed by atoms with van der Waals surface area (Å²) in [5, 5.41) is 5.79. The Labute approximate surface area is 239 Å². The van der Waals surface area contributed by atoms with Gasteiger partial charge in [0.15, 0.2) is 11.5 Å². The van der Waals surface area contributed by atoms with Crippen LogP contribution in [0.3, 0.4) is 0 Å². The summed E-state index contributed by atoms with van der Waals surface area (Å²) in [5.41, 5.74) is 0.758. The van der Waals surface area contributed by atoms with Gasteiger partial charge in [0, 0.05) is 6.42 Å². The second kappa shape index (κ2) is 15.7. The zero-order valence-electron chi connectivity index (χ0n) is 22.4. The van der Waals surface area contributed by atoms with Crippen LogP contribution in [0.15, 0.2) is 36.4 Å². The molecule has 2 aromatic carbocycles. The number of rotatable bonds is 13. The van der Waals surface area contributed by atoms with Gasteiger partial charge in [0.1, 0.15) is 11.1 Å². The second-order valence-electron chi connectivity index (χ2n) is 9.53.